The third-order valence-electron chi connectivity index (χ3n) is 3.49. The summed E-state index contributed by atoms with van der Waals surface area (Å²) in [5.41, 5.74) is 6.93. The first-order valence-electron chi connectivity index (χ1n) is 6.77. The maximum absolute atomic E-state index is 12.4. The highest BCUT2D eigenvalue weighted by atomic mass is 35.5. The average molecular weight is 307 g/mol. The molecule has 6 heteroatoms. The van der Waals surface area contributed by atoms with Crippen molar-refractivity contribution in [3.8, 4) is 0 Å². The quantitative estimate of drug-likeness (QED) is 0.922. The summed E-state index contributed by atoms with van der Waals surface area (Å²) in [6.45, 7) is 3.13. The summed E-state index contributed by atoms with van der Waals surface area (Å²) in [6, 6.07) is 7.42. The van der Waals surface area contributed by atoms with Gasteiger partial charge in [-0.05, 0) is 24.6 Å². The van der Waals surface area contributed by atoms with Crippen molar-refractivity contribution in [2.24, 2.45) is 5.73 Å². The number of hydrogen-bond acceptors (Lipinski definition) is 3. The number of aromatic nitrogens is 2. The lowest BCUT2D eigenvalue weighted by Crippen LogP contribution is -2.29. The maximum Gasteiger partial charge on any atom is 0.274 e. The van der Waals surface area contributed by atoms with Gasteiger partial charge in [0, 0.05) is 31.4 Å². The van der Waals surface area contributed by atoms with Crippen LogP contribution in [0.1, 0.15) is 29.0 Å². The fraction of sp³-hybridized carbons (Fsp3) is 0.333. The van der Waals surface area contributed by atoms with E-state index < -0.39 is 0 Å². The molecule has 0 bridgehead atoms. The molecular weight excluding hydrogens is 288 g/mol. The van der Waals surface area contributed by atoms with Gasteiger partial charge in [-0.3, -0.25) is 4.79 Å². The van der Waals surface area contributed by atoms with Crippen LogP contribution >= 0.6 is 11.6 Å². The zero-order valence-electron chi connectivity index (χ0n) is 12.2. The number of amides is 1. The van der Waals surface area contributed by atoms with Crippen LogP contribution in [0.3, 0.4) is 0 Å². The van der Waals surface area contributed by atoms with E-state index in [1.54, 1.807) is 24.5 Å². The highest BCUT2D eigenvalue weighted by molar-refractivity contribution is 6.30. The van der Waals surface area contributed by atoms with Crippen LogP contribution in [0, 0.1) is 0 Å². The summed E-state index contributed by atoms with van der Waals surface area (Å²) >= 11 is 5.88. The van der Waals surface area contributed by atoms with E-state index in [1.165, 1.54) is 0 Å². The second-order valence-electron chi connectivity index (χ2n) is 4.93. The molecule has 112 valence electrons. The normalized spacial score (nSPS) is 12.2. The van der Waals surface area contributed by atoms with Crippen molar-refractivity contribution in [2.75, 3.05) is 13.6 Å². The van der Waals surface area contributed by atoms with Gasteiger partial charge in [-0.2, -0.15) is 0 Å². The molecule has 0 saturated carbocycles. The SMILES string of the molecule is CC(c1ccc(Cl)cc1)N(C)C(=O)c1cn(CCN)cn1. The first-order valence-corrected chi connectivity index (χ1v) is 7.15. The van der Waals surface area contributed by atoms with Gasteiger partial charge in [-0.25, -0.2) is 4.98 Å². The summed E-state index contributed by atoms with van der Waals surface area (Å²) in [5.74, 6) is -0.117. The molecule has 0 radical (unpaired) electrons. The number of nitrogens with zero attached hydrogens (tertiary/aromatic N) is 3. The molecule has 21 heavy (non-hydrogen) atoms. The Labute approximate surface area is 129 Å². The van der Waals surface area contributed by atoms with E-state index in [9.17, 15) is 4.79 Å². The topological polar surface area (TPSA) is 64.2 Å². The average Bonchev–Trinajstić information content (AvgIpc) is 2.95. The molecule has 1 atom stereocenters. The molecule has 0 aliphatic rings. The molecule has 0 aliphatic carbocycles. The second kappa shape index (κ2) is 6.74. The second-order valence-corrected chi connectivity index (χ2v) is 5.37. The summed E-state index contributed by atoms with van der Waals surface area (Å²) < 4.78 is 1.81. The molecule has 0 saturated heterocycles. The monoisotopic (exact) mass is 306 g/mol. The smallest absolute Gasteiger partial charge is 0.274 e. The highest BCUT2D eigenvalue weighted by Gasteiger charge is 2.20. The number of hydrogen-bond donors (Lipinski definition) is 1. The molecule has 0 spiro atoms. The van der Waals surface area contributed by atoms with Crippen molar-refractivity contribution in [3.05, 3.63) is 53.1 Å². The lowest BCUT2D eigenvalue weighted by molar-refractivity contribution is 0.0737. The fourth-order valence-electron chi connectivity index (χ4n) is 2.06. The van der Waals surface area contributed by atoms with Crippen molar-refractivity contribution in [2.45, 2.75) is 19.5 Å². The minimum Gasteiger partial charge on any atom is -0.335 e. The molecular formula is C15H19ClN4O. The molecule has 1 aromatic carbocycles. The van der Waals surface area contributed by atoms with Crippen molar-refractivity contribution in [1.29, 1.82) is 0 Å². The van der Waals surface area contributed by atoms with Gasteiger partial charge < -0.3 is 15.2 Å². The van der Waals surface area contributed by atoms with Crippen LogP contribution in [0.5, 0.6) is 0 Å². The minimum atomic E-state index is -0.117. The number of nitrogens with two attached hydrogens (primary N) is 1. The highest BCUT2D eigenvalue weighted by Crippen LogP contribution is 2.22. The Morgan fingerprint density at radius 3 is 2.71 bits per heavy atom. The predicted octanol–water partition coefficient (Wildman–Crippen LogP) is 2.33. The molecule has 0 aliphatic heterocycles. The van der Waals surface area contributed by atoms with Gasteiger partial charge in [0.2, 0.25) is 0 Å². The van der Waals surface area contributed by atoms with Crippen molar-refractivity contribution in [3.63, 3.8) is 0 Å². The Kier molecular flexibility index (Phi) is 4.98. The Morgan fingerprint density at radius 2 is 2.10 bits per heavy atom. The van der Waals surface area contributed by atoms with Crippen LogP contribution in [0.25, 0.3) is 0 Å². The van der Waals surface area contributed by atoms with Crippen molar-refractivity contribution >= 4 is 17.5 Å². The standard InChI is InChI=1S/C15H19ClN4O/c1-11(12-3-5-13(16)6-4-12)19(2)15(21)14-9-20(8-7-17)10-18-14/h3-6,9-11H,7-8,17H2,1-2H3. The number of imidazole rings is 1. The van der Waals surface area contributed by atoms with E-state index >= 15 is 0 Å². The fourth-order valence-corrected chi connectivity index (χ4v) is 2.19. The van der Waals surface area contributed by atoms with Crippen molar-refractivity contribution < 1.29 is 4.79 Å². The third kappa shape index (κ3) is 3.62. The van der Waals surface area contributed by atoms with Gasteiger partial charge >= 0.3 is 0 Å². The lowest BCUT2D eigenvalue weighted by atomic mass is 10.1. The van der Waals surface area contributed by atoms with Gasteiger partial charge in [0.05, 0.1) is 12.4 Å². The van der Waals surface area contributed by atoms with Gasteiger partial charge in [-0.1, -0.05) is 23.7 Å². The lowest BCUT2D eigenvalue weighted by Gasteiger charge is -2.24. The molecule has 1 unspecified atom stereocenters. The number of rotatable bonds is 5. The van der Waals surface area contributed by atoms with Crippen LogP contribution in [-0.4, -0.2) is 34.0 Å². The molecule has 2 rings (SSSR count). The number of halogens is 1. The van der Waals surface area contributed by atoms with Gasteiger partial charge in [0.15, 0.2) is 0 Å². The molecule has 1 aromatic heterocycles. The predicted molar refractivity (Wildman–Crippen MR) is 83.2 cm³/mol. The van der Waals surface area contributed by atoms with E-state index in [4.69, 9.17) is 17.3 Å². The van der Waals surface area contributed by atoms with Crippen LogP contribution in [0.15, 0.2) is 36.8 Å². The van der Waals surface area contributed by atoms with Crippen molar-refractivity contribution in [1.82, 2.24) is 14.5 Å². The maximum atomic E-state index is 12.4. The van der Waals surface area contributed by atoms with Gasteiger partial charge in [-0.15, -0.1) is 0 Å². The summed E-state index contributed by atoms with van der Waals surface area (Å²) in [4.78, 5) is 18.2. The van der Waals surface area contributed by atoms with Gasteiger partial charge in [0.1, 0.15) is 5.69 Å². The zero-order chi connectivity index (χ0) is 15.4. The number of carbonyl (C=O) groups is 1. The molecule has 0 fully saturated rings. The summed E-state index contributed by atoms with van der Waals surface area (Å²) in [7, 11) is 1.77. The largest absolute Gasteiger partial charge is 0.335 e. The number of carbonyl (C=O) groups excluding carboxylic acids is 1. The Hall–Kier alpha value is -1.85. The first kappa shape index (κ1) is 15.5. The minimum absolute atomic E-state index is 0.0607. The Morgan fingerprint density at radius 1 is 1.43 bits per heavy atom. The Bertz CT molecular complexity index is 608. The molecule has 1 amide bonds. The molecule has 1 heterocycles. The van der Waals surface area contributed by atoms with E-state index in [1.807, 2.05) is 35.8 Å². The van der Waals surface area contributed by atoms with E-state index in [2.05, 4.69) is 4.98 Å². The van der Waals surface area contributed by atoms with E-state index in [0.717, 1.165) is 5.56 Å². The molecule has 2 aromatic rings. The Balaban J connectivity index is 2.12. The first-order chi connectivity index (χ1) is 10.0. The van der Waals surface area contributed by atoms with Crippen LogP contribution in [0.2, 0.25) is 5.02 Å². The van der Waals surface area contributed by atoms with Crippen LogP contribution in [0.4, 0.5) is 0 Å². The zero-order valence-corrected chi connectivity index (χ0v) is 12.9. The van der Waals surface area contributed by atoms with Gasteiger partial charge in [0.25, 0.3) is 5.91 Å². The van der Waals surface area contributed by atoms with Crippen LogP contribution in [-0.2, 0) is 6.54 Å². The van der Waals surface area contributed by atoms with Crippen LogP contribution < -0.4 is 5.73 Å². The third-order valence-corrected chi connectivity index (χ3v) is 3.75. The van der Waals surface area contributed by atoms with E-state index in [0.29, 0.717) is 23.8 Å². The molecule has 2 N–H and O–H groups in total. The summed E-state index contributed by atoms with van der Waals surface area (Å²) in [6.07, 6.45) is 3.35. The molecule has 5 nitrogen and oxygen atoms in total. The summed E-state index contributed by atoms with van der Waals surface area (Å²) in [5, 5.41) is 0.681. The van der Waals surface area contributed by atoms with E-state index in [-0.39, 0.29) is 11.9 Å². The number of benzene rings is 1.